The van der Waals surface area contributed by atoms with Crippen molar-refractivity contribution in [2.45, 2.75) is 38.5 Å². The van der Waals surface area contributed by atoms with Gasteiger partial charge in [-0.05, 0) is 20.3 Å². The van der Waals surface area contributed by atoms with Gasteiger partial charge in [-0.15, -0.1) is 0 Å². The third-order valence-corrected chi connectivity index (χ3v) is 4.07. The van der Waals surface area contributed by atoms with Gasteiger partial charge in [0.05, 0.1) is 24.4 Å². The van der Waals surface area contributed by atoms with E-state index in [0.717, 1.165) is 6.26 Å². The Morgan fingerprint density at radius 1 is 1.47 bits per heavy atom. The van der Waals surface area contributed by atoms with E-state index in [9.17, 15) is 13.2 Å². The Labute approximate surface area is 102 Å². The normalized spacial score (nSPS) is 33.4. The number of nitrogens with zero attached hydrogens (tertiary/aromatic N) is 2. The van der Waals surface area contributed by atoms with Crippen molar-refractivity contribution in [2.75, 3.05) is 19.3 Å². The zero-order valence-corrected chi connectivity index (χ0v) is 11.1. The van der Waals surface area contributed by atoms with Crippen LogP contribution in [0.1, 0.15) is 20.3 Å². The average molecular weight is 262 g/mol. The van der Waals surface area contributed by atoms with Gasteiger partial charge in [0, 0.05) is 13.1 Å². The second kappa shape index (κ2) is 4.13. The maximum absolute atomic E-state index is 12.0. The minimum atomic E-state index is -3.46. The van der Waals surface area contributed by atoms with Gasteiger partial charge < -0.3 is 9.80 Å². The summed E-state index contributed by atoms with van der Waals surface area (Å²) >= 11 is 0. The lowest BCUT2D eigenvalue weighted by Crippen LogP contribution is -2.40. The fourth-order valence-electron chi connectivity index (χ4n) is 2.69. The highest BCUT2D eigenvalue weighted by Gasteiger charge is 2.49. The number of amides is 2. The maximum atomic E-state index is 12.0. The smallest absolute Gasteiger partial charge is 0.320 e. The number of hydrogen-bond acceptors (Lipinski definition) is 4. The monoisotopic (exact) mass is 262 g/mol. The number of likely N-dealkylation sites (N-methyl/N-ethyl adjacent to an activating group) is 1. The summed E-state index contributed by atoms with van der Waals surface area (Å²) < 4.78 is 27.3. The molecule has 0 spiro atoms. The predicted molar refractivity (Wildman–Crippen MR) is 62.1 cm³/mol. The lowest BCUT2D eigenvalue weighted by molar-refractivity contribution is 0.146. The van der Waals surface area contributed by atoms with Gasteiger partial charge in [0.2, 0.25) is 0 Å². The quantitative estimate of drug-likeness (QED) is 0.684. The number of fused-ring (bicyclic) bond motifs is 1. The third-order valence-electron chi connectivity index (χ3n) is 3.48. The van der Waals surface area contributed by atoms with Crippen LogP contribution in [0.25, 0.3) is 0 Å². The Bertz CT molecular complexity index is 422. The molecule has 0 radical (unpaired) electrons. The predicted octanol–water partition coefficient (Wildman–Crippen LogP) is 0.250. The largest absolute Gasteiger partial charge is 0.323 e. The van der Waals surface area contributed by atoms with Crippen LogP contribution in [0.15, 0.2) is 0 Å². The van der Waals surface area contributed by atoms with Gasteiger partial charge >= 0.3 is 6.03 Å². The molecule has 0 unspecified atom stereocenters. The average Bonchev–Trinajstić information content (AvgIpc) is 2.65. The van der Waals surface area contributed by atoms with Crippen molar-refractivity contribution >= 4 is 16.1 Å². The van der Waals surface area contributed by atoms with Gasteiger partial charge in [-0.25, -0.2) is 4.79 Å². The molecule has 2 saturated heterocycles. The van der Waals surface area contributed by atoms with Crippen molar-refractivity contribution in [3.63, 3.8) is 0 Å². The van der Waals surface area contributed by atoms with Crippen molar-refractivity contribution in [1.29, 1.82) is 0 Å². The van der Waals surface area contributed by atoms with Gasteiger partial charge in [-0.1, -0.05) is 0 Å². The van der Waals surface area contributed by atoms with Crippen LogP contribution >= 0.6 is 0 Å². The number of carbonyl (C=O) groups is 1. The first-order valence-corrected chi connectivity index (χ1v) is 7.60. The molecule has 2 heterocycles. The molecule has 2 rings (SSSR count). The van der Waals surface area contributed by atoms with Crippen LogP contribution in [0.2, 0.25) is 0 Å². The highest BCUT2D eigenvalue weighted by molar-refractivity contribution is 7.86. The van der Waals surface area contributed by atoms with Gasteiger partial charge in [0.15, 0.2) is 0 Å². The summed E-state index contributed by atoms with van der Waals surface area (Å²) in [6.45, 7) is 5.14. The van der Waals surface area contributed by atoms with Crippen LogP contribution in [0.5, 0.6) is 0 Å². The first kappa shape index (κ1) is 12.6. The van der Waals surface area contributed by atoms with Crippen LogP contribution < -0.4 is 0 Å². The van der Waals surface area contributed by atoms with Gasteiger partial charge in [-0.2, -0.15) is 8.42 Å². The molecule has 6 nitrogen and oxygen atoms in total. The molecule has 2 aliphatic rings. The van der Waals surface area contributed by atoms with E-state index in [2.05, 4.69) is 0 Å². The molecule has 2 fully saturated rings. The molecular weight excluding hydrogens is 244 g/mol. The van der Waals surface area contributed by atoms with Crippen LogP contribution in [-0.4, -0.2) is 61.8 Å². The zero-order valence-electron chi connectivity index (χ0n) is 10.3. The van der Waals surface area contributed by atoms with E-state index in [1.165, 1.54) is 0 Å². The minimum absolute atomic E-state index is 0.00963. The molecule has 0 aliphatic carbocycles. The van der Waals surface area contributed by atoms with Crippen molar-refractivity contribution in [3.8, 4) is 0 Å². The Kier molecular flexibility index (Phi) is 3.07. The van der Waals surface area contributed by atoms with Gasteiger partial charge in [0.1, 0.15) is 0 Å². The van der Waals surface area contributed by atoms with E-state index in [1.807, 2.05) is 13.8 Å². The summed E-state index contributed by atoms with van der Waals surface area (Å²) in [7, 11) is -3.46. The summed E-state index contributed by atoms with van der Waals surface area (Å²) in [4.78, 5) is 15.5. The second-order valence-corrected chi connectivity index (χ2v) is 6.30. The molecule has 2 aliphatic heterocycles. The van der Waals surface area contributed by atoms with E-state index in [1.54, 1.807) is 9.80 Å². The van der Waals surface area contributed by atoms with E-state index in [4.69, 9.17) is 4.18 Å². The zero-order chi connectivity index (χ0) is 12.8. The van der Waals surface area contributed by atoms with E-state index >= 15 is 0 Å². The summed E-state index contributed by atoms with van der Waals surface area (Å²) in [5.74, 6) is 0. The van der Waals surface area contributed by atoms with Gasteiger partial charge in [0.25, 0.3) is 10.1 Å². The molecule has 0 aromatic carbocycles. The topological polar surface area (TPSA) is 66.9 Å². The molecule has 2 amide bonds. The van der Waals surface area contributed by atoms with Crippen LogP contribution in [0, 0.1) is 0 Å². The standard InChI is InChI=1S/C10H18N2O4S/c1-4-11-6-8-5-9(16-17(3,14)15)7(2)12(8)10(11)13/h7-9H,4-6H2,1-3H3/t7-,8+,9-/m1/s1. The third kappa shape index (κ3) is 2.26. The van der Waals surface area contributed by atoms with Crippen molar-refractivity contribution in [3.05, 3.63) is 0 Å². The fourth-order valence-corrected chi connectivity index (χ4v) is 3.38. The van der Waals surface area contributed by atoms with Crippen LogP contribution in [-0.2, 0) is 14.3 Å². The second-order valence-electron chi connectivity index (χ2n) is 4.70. The van der Waals surface area contributed by atoms with E-state index in [0.29, 0.717) is 19.5 Å². The summed E-state index contributed by atoms with van der Waals surface area (Å²) in [6.07, 6.45) is 1.23. The summed E-state index contributed by atoms with van der Waals surface area (Å²) in [5.41, 5.74) is 0. The molecular formula is C10H18N2O4S. The lowest BCUT2D eigenvalue weighted by Gasteiger charge is -2.23. The molecule has 0 N–H and O–H groups in total. The summed E-state index contributed by atoms with van der Waals surface area (Å²) in [5, 5.41) is 0. The molecule has 0 aromatic rings. The number of rotatable bonds is 3. The number of hydrogen-bond donors (Lipinski definition) is 0. The number of carbonyl (C=O) groups excluding carboxylic acids is 1. The molecule has 0 bridgehead atoms. The van der Waals surface area contributed by atoms with E-state index < -0.39 is 16.2 Å². The minimum Gasteiger partial charge on any atom is -0.323 e. The molecule has 0 saturated carbocycles. The SMILES string of the molecule is CCN1C[C@@H]2C[C@@H](OS(C)(=O)=O)[C@@H](C)N2C1=O. The first-order valence-electron chi connectivity index (χ1n) is 5.79. The maximum Gasteiger partial charge on any atom is 0.320 e. The van der Waals surface area contributed by atoms with Crippen molar-refractivity contribution in [1.82, 2.24) is 9.80 Å². The van der Waals surface area contributed by atoms with Crippen molar-refractivity contribution in [2.24, 2.45) is 0 Å². The lowest BCUT2D eigenvalue weighted by atomic mass is 10.1. The van der Waals surface area contributed by atoms with E-state index in [-0.39, 0.29) is 18.1 Å². The molecule has 0 aromatic heterocycles. The Morgan fingerprint density at radius 3 is 2.59 bits per heavy atom. The Hall–Kier alpha value is -0.820. The Morgan fingerprint density at radius 2 is 2.12 bits per heavy atom. The van der Waals surface area contributed by atoms with Crippen LogP contribution in [0.3, 0.4) is 0 Å². The molecule has 7 heteroatoms. The highest BCUT2D eigenvalue weighted by atomic mass is 32.2. The highest BCUT2D eigenvalue weighted by Crippen LogP contribution is 2.33. The number of urea groups is 1. The summed E-state index contributed by atoms with van der Waals surface area (Å²) in [6, 6.07) is -0.104. The Balaban J connectivity index is 2.10. The first-order chi connectivity index (χ1) is 7.83. The molecule has 17 heavy (non-hydrogen) atoms. The van der Waals surface area contributed by atoms with Crippen molar-refractivity contribution < 1.29 is 17.4 Å². The molecule has 98 valence electrons. The fraction of sp³-hybridized carbons (Fsp3) is 0.900. The molecule has 3 atom stereocenters. The van der Waals surface area contributed by atoms with Crippen LogP contribution in [0.4, 0.5) is 4.79 Å². The van der Waals surface area contributed by atoms with Gasteiger partial charge in [-0.3, -0.25) is 4.18 Å².